The van der Waals surface area contributed by atoms with Crippen molar-refractivity contribution in [3.63, 3.8) is 0 Å². The van der Waals surface area contributed by atoms with Crippen molar-refractivity contribution in [2.75, 3.05) is 7.05 Å². The first-order valence-corrected chi connectivity index (χ1v) is 7.24. The fourth-order valence-electron chi connectivity index (χ4n) is 2.82. The van der Waals surface area contributed by atoms with Crippen molar-refractivity contribution in [3.05, 3.63) is 35.9 Å². The van der Waals surface area contributed by atoms with E-state index < -0.39 is 0 Å². The zero-order valence-electron chi connectivity index (χ0n) is 11.7. The summed E-state index contributed by atoms with van der Waals surface area (Å²) in [5.41, 5.74) is 7.24. The SMILES string of the molecule is CN(C(=O)CCC(N)c1ccccc1)C1CCCC1. The largest absolute Gasteiger partial charge is 0.343 e. The minimum Gasteiger partial charge on any atom is -0.343 e. The summed E-state index contributed by atoms with van der Waals surface area (Å²) in [6.45, 7) is 0. The first kappa shape index (κ1) is 14.1. The van der Waals surface area contributed by atoms with Gasteiger partial charge in [-0.25, -0.2) is 0 Å². The van der Waals surface area contributed by atoms with E-state index in [4.69, 9.17) is 5.73 Å². The minimum atomic E-state index is -0.0397. The van der Waals surface area contributed by atoms with E-state index >= 15 is 0 Å². The Balaban J connectivity index is 1.79. The molecule has 3 heteroatoms. The Morgan fingerprint density at radius 1 is 1.32 bits per heavy atom. The standard InChI is InChI=1S/C16H24N2O/c1-18(14-9-5-6-10-14)16(19)12-11-15(17)13-7-3-2-4-8-13/h2-4,7-8,14-15H,5-6,9-12,17H2,1H3. The van der Waals surface area contributed by atoms with E-state index in [0.29, 0.717) is 12.5 Å². The molecular weight excluding hydrogens is 236 g/mol. The lowest BCUT2D eigenvalue weighted by atomic mass is 10.0. The second-order valence-corrected chi connectivity index (χ2v) is 5.50. The first-order valence-electron chi connectivity index (χ1n) is 7.24. The molecule has 1 amide bonds. The molecule has 1 atom stereocenters. The molecule has 1 aliphatic rings. The van der Waals surface area contributed by atoms with Crippen molar-refractivity contribution in [2.24, 2.45) is 5.73 Å². The molecule has 2 N–H and O–H groups in total. The number of nitrogens with zero attached hydrogens (tertiary/aromatic N) is 1. The van der Waals surface area contributed by atoms with Gasteiger partial charge in [0, 0.05) is 25.6 Å². The van der Waals surface area contributed by atoms with Gasteiger partial charge in [-0.3, -0.25) is 4.79 Å². The van der Waals surface area contributed by atoms with Crippen LogP contribution in [0.25, 0.3) is 0 Å². The molecule has 0 spiro atoms. The van der Waals surface area contributed by atoms with Crippen LogP contribution in [0.15, 0.2) is 30.3 Å². The first-order chi connectivity index (χ1) is 9.18. The fourth-order valence-corrected chi connectivity index (χ4v) is 2.82. The van der Waals surface area contributed by atoms with Crippen LogP contribution in [0.3, 0.4) is 0 Å². The van der Waals surface area contributed by atoms with Crippen molar-refractivity contribution in [2.45, 2.75) is 50.6 Å². The molecule has 0 aliphatic heterocycles. The van der Waals surface area contributed by atoms with Gasteiger partial charge in [0.15, 0.2) is 0 Å². The molecule has 1 aromatic carbocycles. The van der Waals surface area contributed by atoms with Crippen molar-refractivity contribution < 1.29 is 4.79 Å². The van der Waals surface area contributed by atoms with E-state index in [9.17, 15) is 4.79 Å². The van der Waals surface area contributed by atoms with Crippen LogP contribution in [0.1, 0.15) is 50.1 Å². The summed E-state index contributed by atoms with van der Waals surface area (Å²) >= 11 is 0. The van der Waals surface area contributed by atoms with Gasteiger partial charge in [0.25, 0.3) is 0 Å². The van der Waals surface area contributed by atoms with Gasteiger partial charge in [-0.15, -0.1) is 0 Å². The lowest BCUT2D eigenvalue weighted by Gasteiger charge is -2.25. The van der Waals surface area contributed by atoms with Crippen LogP contribution in [0.5, 0.6) is 0 Å². The predicted octanol–water partition coefficient (Wildman–Crippen LogP) is 2.87. The molecule has 1 unspecified atom stereocenters. The zero-order valence-corrected chi connectivity index (χ0v) is 11.7. The molecule has 3 nitrogen and oxygen atoms in total. The highest BCUT2D eigenvalue weighted by molar-refractivity contribution is 5.76. The maximum atomic E-state index is 12.1. The van der Waals surface area contributed by atoms with E-state index in [2.05, 4.69) is 0 Å². The van der Waals surface area contributed by atoms with E-state index in [-0.39, 0.29) is 11.9 Å². The van der Waals surface area contributed by atoms with Gasteiger partial charge in [-0.1, -0.05) is 43.2 Å². The van der Waals surface area contributed by atoms with Crippen LogP contribution in [-0.2, 0) is 4.79 Å². The molecule has 0 radical (unpaired) electrons. The number of hydrogen-bond acceptors (Lipinski definition) is 2. The van der Waals surface area contributed by atoms with Gasteiger partial charge in [-0.2, -0.15) is 0 Å². The fraction of sp³-hybridized carbons (Fsp3) is 0.562. The minimum absolute atomic E-state index is 0.0397. The summed E-state index contributed by atoms with van der Waals surface area (Å²) in [5.74, 6) is 0.235. The summed E-state index contributed by atoms with van der Waals surface area (Å²) in [6, 6.07) is 10.4. The van der Waals surface area contributed by atoms with Gasteiger partial charge in [0.05, 0.1) is 0 Å². The van der Waals surface area contributed by atoms with Gasteiger partial charge in [0.1, 0.15) is 0 Å². The number of carbonyl (C=O) groups excluding carboxylic acids is 1. The molecule has 1 saturated carbocycles. The van der Waals surface area contributed by atoms with E-state index in [1.54, 1.807) is 0 Å². The highest BCUT2D eigenvalue weighted by atomic mass is 16.2. The van der Waals surface area contributed by atoms with Crippen LogP contribution in [0.4, 0.5) is 0 Å². The highest BCUT2D eigenvalue weighted by Crippen LogP contribution is 2.23. The summed E-state index contributed by atoms with van der Waals surface area (Å²) in [7, 11) is 1.94. The number of hydrogen-bond donors (Lipinski definition) is 1. The summed E-state index contributed by atoms with van der Waals surface area (Å²) in [6.07, 6.45) is 6.10. The van der Waals surface area contributed by atoms with Gasteiger partial charge in [0.2, 0.25) is 5.91 Å². The molecule has 0 saturated heterocycles. The van der Waals surface area contributed by atoms with Gasteiger partial charge < -0.3 is 10.6 Å². The Hall–Kier alpha value is -1.35. The monoisotopic (exact) mass is 260 g/mol. The van der Waals surface area contributed by atoms with Gasteiger partial charge in [-0.05, 0) is 24.8 Å². The summed E-state index contributed by atoms with van der Waals surface area (Å²) in [4.78, 5) is 14.1. The predicted molar refractivity (Wildman–Crippen MR) is 77.6 cm³/mol. The molecule has 0 aromatic heterocycles. The smallest absolute Gasteiger partial charge is 0.222 e. The van der Waals surface area contributed by atoms with E-state index in [1.165, 1.54) is 12.8 Å². The second kappa shape index (κ2) is 6.71. The molecule has 0 heterocycles. The molecular formula is C16H24N2O. The number of benzene rings is 1. The lowest BCUT2D eigenvalue weighted by molar-refractivity contribution is -0.132. The average Bonchev–Trinajstić information content (AvgIpc) is 2.98. The third-order valence-corrected chi connectivity index (χ3v) is 4.16. The normalized spacial score (nSPS) is 17.4. The molecule has 0 bridgehead atoms. The molecule has 104 valence electrons. The van der Waals surface area contributed by atoms with Crippen LogP contribution in [0, 0.1) is 0 Å². The Morgan fingerprint density at radius 3 is 2.58 bits per heavy atom. The Morgan fingerprint density at radius 2 is 1.95 bits per heavy atom. The molecule has 1 aromatic rings. The molecule has 1 fully saturated rings. The van der Waals surface area contributed by atoms with Crippen molar-refractivity contribution >= 4 is 5.91 Å². The maximum Gasteiger partial charge on any atom is 0.222 e. The molecule has 19 heavy (non-hydrogen) atoms. The topological polar surface area (TPSA) is 46.3 Å². The number of carbonyl (C=O) groups is 1. The second-order valence-electron chi connectivity index (χ2n) is 5.50. The number of rotatable bonds is 5. The van der Waals surface area contributed by atoms with Crippen LogP contribution in [0.2, 0.25) is 0 Å². The Kier molecular flexibility index (Phi) is 4.97. The van der Waals surface area contributed by atoms with Crippen LogP contribution < -0.4 is 5.73 Å². The highest BCUT2D eigenvalue weighted by Gasteiger charge is 2.23. The zero-order chi connectivity index (χ0) is 13.7. The molecule has 1 aliphatic carbocycles. The number of nitrogens with two attached hydrogens (primary N) is 1. The average molecular weight is 260 g/mol. The van der Waals surface area contributed by atoms with Crippen LogP contribution in [-0.4, -0.2) is 23.9 Å². The van der Waals surface area contributed by atoms with Crippen molar-refractivity contribution in [3.8, 4) is 0 Å². The van der Waals surface area contributed by atoms with E-state index in [1.807, 2.05) is 42.3 Å². The quantitative estimate of drug-likeness (QED) is 0.885. The number of amides is 1. The molecule has 2 rings (SSSR count). The van der Waals surface area contributed by atoms with Crippen molar-refractivity contribution in [1.82, 2.24) is 4.90 Å². The third-order valence-electron chi connectivity index (χ3n) is 4.16. The third kappa shape index (κ3) is 3.80. The summed E-state index contributed by atoms with van der Waals surface area (Å²) in [5, 5.41) is 0. The van der Waals surface area contributed by atoms with E-state index in [0.717, 1.165) is 24.8 Å². The Bertz CT molecular complexity index is 398. The van der Waals surface area contributed by atoms with Gasteiger partial charge >= 0.3 is 0 Å². The Labute approximate surface area is 115 Å². The lowest BCUT2D eigenvalue weighted by Crippen LogP contribution is -2.35. The summed E-state index contributed by atoms with van der Waals surface area (Å²) < 4.78 is 0. The van der Waals surface area contributed by atoms with Crippen LogP contribution >= 0.6 is 0 Å². The maximum absolute atomic E-state index is 12.1. The van der Waals surface area contributed by atoms with Crippen molar-refractivity contribution in [1.29, 1.82) is 0 Å².